The average Bonchev–Trinajstić information content (AvgIpc) is 3.16. The van der Waals surface area contributed by atoms with E-state index in [0.29, 0.717) is 6.42 Å². The van der Waals surface area contributed by atoms with Crippen LogP contribution < -0.4 is 11.1 Å². The van der Waals surface area contributed by atoms with Crippen molar-refractivity contribution >= 4 is 13.7 Å². The van der Waals surface area contributed by atoms with Crippen molar-refractivity contribution < 1.29 is 28.4 Å². The van der Waals surface area contributed by atoms with Crippen LogP contribution in [0.4, 0.5) is 0 Å². The van der Waals surface area contributed by atoms with Gasteiger partial charge in [0, 0.05) is 13.0 Å². The molecule has 0 aliphatic heterocycles. The first-order chi connectivity index (χ1) is 26.4. The van der Waals surface area contributed by atoms with E-state index in [1.54, 1.807) is 6.08 Å². The number of amides is 1. The lowest BCUT2D eigenvalue weighted by Gasteiger charge is -2.23. The van der Waals surface area contributed by atoms with Gasteiger partial charge in [-0.15, -0.1) is 0 Å². The van der Waals surface area contributed by atoms with Crippen molar-refractivity contribution in [1.82, 2.24) is 5.32 Å². The third-order valence-corrected chi connectivity index (χ3v) is 11.6. The summed E-state index contributed by atoms with van der Waals surface area (Å²) in [6.07, 6.45) is 46.9. The number of aliphatic hydroxyl groups excluding tert-OH is 1. The zero-order valence-corrected chi connectivity index (χ0v) is 36.6. The number of carbonyl (C=O) groups excluding carboxylic acids is 1. The van der Waals surface area contributed by atoms with E-state index < -0.39 is 20.0 Å². The second-order valence-electron chi connectivity index (χ2n) is 16.0. The molecular weight excluding hydrogens is 695 g/mol. The number of aliphatic hydroxyl groups is 1. The molecule has 322 valence electrons. The van der Waals surface area contributed by atoms with Crippen molar-refractivity contribution in [3.8, 4) is 0 Å². The first-order valence-electron chi connectivity index (χ1n) is 23.3. The maximum Gasteiger partial charge on any atom is 0.472 e. The molecule has 0 bridgehead atoms. The van der Waals surface area contributed by atoms with Crippen LogP contribution in [0, 0.1) is 0 Å². The molecule has 0 aromatic rings. The number of rotatable bonds is 44. The van der Waals surface area contributed by atoms with Gasteiger partial charge in [-0.1, -0.05) is 225 Å². The Morgan fingerprint density at radius 3 is 1.31 bits per heavy atom. The molecule has 0 aliphatic carbocycles. The Balaban J connectivity index is 4.14. The van der Waals surface area contributed by atoms with E-state index in [1.807, 2.05) is 6.08 Å². The smallest absolute Gasteiger partial charge is 0.387 e. The Labute approximate surface area is 335 Å². The van der Waals surface area contributed by atoms with Crippen molar-refractivity contribution in [3.63, 3.8) is 0 Å². The molecule has 54 heavy (non-hydrogen) atoms. The summed E-state index contributed by atoms with van der Waals surface area (Å²) < 4.78 is 22.2. The number of hydrogen-bond acceptors (Lipinski definition) is 6. The van der Waals surface area contributed by atoms with Crippen molar-refractivity contribution in [2.75, 3.05) is 19.8 Å². The lowest BCUT2D eigenvalue weighted by molar-refractivity contribution is -0.123. The van der Waals surface area contributed by atoms with Gasteiger partial charge in [-0.2, -0.15) is 0 Å². The number of phosphoric acid groups is 1. The predicted octanol–water partition coefficient (Wildman–Crippen LogP) is 13.2. The highest BCUT2D eigenvalue weighted by atomic mass is 31.2. The minimum atomic E-state index is -4.33. The summed E-state index contributed by atoms with van der Waals surface area (Å²) in [7, 11) is -4.33. The predicted molar refractivity (Wildman–Crippen MR) is 231 cm³/mol. The van der Waals surface area contributed by atoms with Crippen LogP contribution in [-0.4, -0.2) is 47.8 Å². The van der Waals surface area contributed by atoms with Crippen molar-refractivity contribution in [2.45, 2.75) is 251 Å². The molecule has 0 aromatic carbocycles. The molecule has 0 spiro atoms. The molecule has 3 unspecified atom stereocenters. The van der Waals surface area contributed by atoms with Crippen LogP contribution in [-0.2, 0) is 18.4 Å². The molecule has 0 fully saturated rings. The van der Waals surface area contributed by atoms with E-state index in [9.17, 15) is 19.4 Å². The van der Waals surface area contributed by atoms with Gasteiger partial charge < -0.3 is 21.1 Å². The minimum Gasteiger partial charge on any atom is -0.387 e. The van der Waals surface area contributed by atoms with Gasteiger partial charge in [0.05, 0.1) is 25.4 Å². The van der Waals surface area contributed by atoms with Crippen LogP contribution in [0.15, 0.2) is 12.2 Å². The van der Waals surface area contributed by atoms with E-state index in [4.69, 9.17) is 14.8 Å². The summed E-state index contributed by atoms with van der Waals surface area (Å²) >= 11 is 0. The molecule has 0 rings (SSSR count). The molecule has 5 N–H and O–H groups in total. The molecule has 0 saturated heterocycles. The van der Waals surface area contributed by atoms with Gasteiger partial charge in [0.2, 0.25) is 5.91 Å². The number of carbonyl (C=O) groups is 1. The Hall–Kier alpha value is -0.760. The Morgan fingerprint density at radius 2 is 0.944 bits per heavy atom. The highest BCUT2D eigenvalue weighted by Gasteiger charge is 2.26. The third-order valence-electron chi connectivity index (χ3n) is 10.6. The normalized spacial score (nSPS) is 14.1. The van der Waals surface area contributed by atoms with Gasteiger partial charge >= 0.3 is 7.82 Å². The summed E-state index contributed by atoms with van der Waals surface area (Å²) in [5.41, 5.74) is 5.38. The van der Waals surface area contributed by atoms with Gasteiger partial charge in [0.15, 0.2) is 0 Å². The highest BCUT2D eigenvalue weighted by molar-refractivity contribution is 7.47. The first kappa shape index (κ1) is 53.2. The number of nitrogens with two attached hydrogens (primary N) is 1. The quantitative estimate of drug-likeness (QED) is 0.0275. The van der Waals surface area contributed by atoms with Crippen LogP contribution in [0.25, 0.3) is 0 Å². The van der Waals surface area contributed by atoms with E-state index in [1.165, 1.54) is 180 Å². The van der Waals surface area contributed by atoms with Crippen LogP contribution >= 0.6 is 7.82 Å². The number of nitrogens with one attached hydrogen (secondary N) is 1. The van der Waals surface area contributed by atoms with E-state index >= 15 is 0 Å². The molecule has 0 heterocycles. The average molecular weight is 787 g/mol. The topological polar surface area (TPSA) is 131 Å². The zero-order valence-electron chi connectivity index (χ0n) is 35.7. The molecular formula is C45H91N2O6P. The maximum atomic E-state index is 12.8. The fourth-order valence-corrected chi connectivity index (χ4v) is 7.83. The molecule has 3 atom stereocenters. The molecule has 0 aromatic heterocycles. The van der Waals surface area contributed by atoms with Crippen molar-refractivity contribution in [2.24, 2.45) is 5.73 Å². The third kappa shape index (κ3) is 39.5. The van der Waals surface area contributed by atoms with Gasteiger partial charge in [0.1, 0.15) is 0 Å². The SMILES string of the molecule is CCCCCCCCCCCCCCCCCCC/C=C/C(O)C(COP(=O)(O)OCCN)NC(=O)CCCCCCCCCCCCCCCCCC. The van der Waals surface area contributed by atoms with Gasteiger partial charge in [-0.25, -0.2) is 4.57 Å². The number of unbranched alkanes of at least 4 members (excludes halogenated alkanes) is 32. The standard InChI is InChI=1S/C45H91N2O6P/c1-3-5-7-9-11-13-15-17-19-21-22-23-24-26-28-30-32-34-36-38-44(48)43(42-53-54(50,51)52-41-40-46)47-45(49)39-37-35-33-31-29-27-25-20-18-16-14-12-10-8-6-4-2/h36,38,43-44,48H,3-35,37,39-42,46H2,1-2H3,(H,47,49)(H,50,51)/b38-36+. The monoisotopic (exact) mass is 787 g/mol. The van der Waals surface area contributed by atoms with Crippen LogP contribution in [0.3, 0.4) is 0 Å². The van der Waals surface area contributed by atoms with Gasteiger partial charge in [-0.05, 0) is 19.3 Å². The maximum absolute atomic E-state index is 12.8. The molecule has 0 saturated carbocycles. The zero-order chi connectivity index (χ0) is 39.6. The van der Waals surface area contributed by atoms with Crippen LogP contribution in [0.5, 0.6) is 0 Å². The number of phosphoric ester groups is 1. The summed E-state index contributed by atoms with van der Waals surface area (Å²) in [6, 6.07) is -0.854. The summed E-state index contributed by atoms with van der Waals surface area (Å²) in [5.74, 6) is -0.190. The second kappa shape index (κ2) is 41.9. The molecule has 8 nitrogen and oxygen atoms in total. The molecule has 0 aliphatic rings. The molecule has 9 heteroatoms. The lowest BCUT2D eigenvalue weighted by atomic mass is 10.0. The lowest BCUT2D eigenvalue weighted by Crippen LogP contribution is -2.45. The summed E-state index contributed by atoms with van der Waals surface area (Å²) in [4.78, 5) is 22.7. The fraction of sp³-hybridized carbons (Fsp3) is 0.933. The fourth-order valence-electron chi connectivity index (χ4n) is 7.07. The Morgan fingerprint density at radius 1 is 0.593 bits per heavy atom. The second-order valence-corrected chi connectivity index (χ2v) is 17.4. The van der Waals surface area contributed by atoms with Crippen LogP contribution in [0.1, 0.15) is 239 Å². The van der Waals surface area contributed by atoms with Crippen LogP contribution in [0.2, 0.25) is 0 Å². The number of hydrogen-bond donors (Lipinski definition) is 4. The molecule has 0 radical (unpaired) electrons. The van der Waals surface area contributed by atoms with Crippen molar-refractivity contribution in [1.29, 1.82) is 0 Å². The Kier molecular flexibility index (Phi) is 41.3. The van der Waals surface area contributed by atoms with E-state index in [2.05, 4.69) is 19.2 Å². The first-order valence-corrected chi connectivity index (χ1v) is 24.8. The highest BCUT2D eigenvalue weighted by Crippen LogP contribution is 2.43. The van der Waals surface area contributed by atoms with Gasteiger partial charge in [0.25, 0.3) is 0 Å². The molecule has 1 amide bonds. The number of allylic oxidation sites excluding steroid dienone is 1. The van der Waals surface area contributed by atoms with E-state index in [0.717, 1.165) is 38.5 Å². The van der Waals surface area contributed by atoms with Crippen molar-refractivity contribution in [3.05, 3.63) is 12.2 Å². The summed E-state index contributed by atoms with van der Waals surface area (Å²) in [6.45, 7) is 4.17. The largest absolute Gasteiger partial charge is 0.472 e. The Bertz CT molecular complexity index is 860. The van der Waals surface area contributed by atoms with Gasteiger partial charge in [-0.3, -0.25) is 13.8 Å². The van der Waals surface area contributed by atoms with E-state index in [-0.39, 0.29) is 25.7 Å². The minimum absolute atomic E-state index is 0.0815. The summed E-state index contributed by atoms with van der Waals surface area (Å²) in [5, 5.41) is 13.7.